The predicted molar refractivity (Wildman–Crippen MR) is 104 cm³/mol. The second-order valence-electron chi connectivity index (χ2n) is 7.09. The summed E-state index contributed by atoms with van der Waals surface area (Å²) in [6, 6.07) is 15.8. The van der Waals surface area contributed by atoms with Gasteiger partial charge < -0.3 is 10.1 Å². The third-order valence-corrected chi connectivity index (χ3v) is 4.82. The summed E-state index contributed by atoms with van der Waals surface area (Å²) in [5, 5.41) is 3.10. The average molecular weight is 347 g/mol. The van der Waals surface area contributed by atoms with Crippen molar-refractivity contribution in [3.8, 4) is 17.6 Å². The van der Waals surface area contributed by atoms with Crippen molar-refractivity contribution in [2.75, 3.05) is 6.61 Å². The Balaban J connectivity index is 1.61. The van der Waals surface area contributed by atoms with Gasteiger partial charge in [0.25, 0.3) is 0 Å². The van der Waals surface area contributed by atoms with Crippen molar-refractivity contribution < 1.29 is 9.53 Å². The Morgan fingerprint density at radius 3 is 2.12 bits per heavy atom. The molecule has 1 unspecified atom stereocenters. The molecule has 0 spiro atoms. The molecule has 3 rings (SSSR count). The van der Waals surface area contributed by atoms with Crippen molar-refractivity contribution in [2.24, 2.45) is 5.41 Å². The Kier molecular flexibility index (Phi) is 5.32. The fourth-order valence-electron chi connectivity index (χ4n) is 2.67. The summed E-state index contributed by atoms with van der Waals surface area (Å²) in [6.07, 6.45) is 1.98. The van der Waals surface area contributed by atoms with Crippen LogP contribution >= 0.6 is 0 Å². The van der Waals surface area contributed by atoms with Gasteiger partial charge in [0.1, 0.15) is 5.75 Å². The normalized spacial score (nSPS) is 15.3. The van der Waals surface area contributed by atoms with E-state index in [4.69, 9.17) is 4.74 Å². The zero-order chi connectivity index (χ0) is 18.6. The summed E-state index contributed by atoms with van der Waals surface area (Å²) in [7, 11) is 0. The van der Waals surface area contributed by atoms with Gasteiger partial charge in [-0.1, -0.05) is 30.9 Å². The topological polar surface area (TPSA) is 38.3 Å². The maximum atomic E-state index is 12.2. The van der Waals surface area contributed by atoms with Crippen LogP contribution in [0.1, 0.15) is 56.3 Å². The number of carbonyl (C=O) groups excluding carboxylic acids is 1. The molecule has 134 valence electrons. The molecule has 1 amide bonds. The number of nitrogens with one attached hydrogen (secondary N) is 1. The van der Waals surface area contributed by atoms with E-state index in [0.29, 0.717) is 6.61 Å². The van der Waals surface area contributed by atoms with Crippen molar-refractivity contribution in [1.29, 1.82) is 0 Å². The van der Waals surface area contributed by atoms with Gasteiger partial charge in [-0.15, -0.1) is 0 Å². The van der Waals surface area contributed by atoms with Crippen LogP contribution in [-0.2, 0) is 4.79 Å². The molecule has 1 aliphatic carbocycles. The first kappa shape index (κ1) is 18.1. The molecule has 26 heavy (non-hydrogen) atoms. The molecule has 1 aliphatic rings. The van der Waals surface area contributed by atoms with Crippen LogP contribution in [-0.4, -0.2) is 12.5 Å². The van der Waals surface area contributed by atoms with Crippen molar-refractivity contribution >= 4 is 5.91 Å². The highest BCUT2D eigenvalue weighted by atomic mass is 16.5. The lowest BCUT2D eigenvalue weighted by molar-refractivity contribution is -0.126. The van der Waals surface area contributed by atoms with Gasteiger partial charge in [-0.3, -0.25) is 4.79 Å². The van der Waals surface area contributed by atoms with E-state index in [9.17, 15) is 4.79 Å². The minimum absolute atomic E-state index is 0.00745. The molecule has 0 bridgehead atoms. The first-order valence-electron chi connectivity index (χ1n) is 9.16. The summed E-state index contributed by atoms with van der Waals surface area (Å²) in [4.78, 5) is 12.2. The lowest BCUT2D eigenvalue weighted by Gasteiger charge is -2.17. The van der Waals surface area contributed by atoms with Gasteiger partial charge in [0, 0.05) is 16.5 Å². The molecule has 0 aromatic heterocycles. The Morgan fingerprint density at radius 1 is 1.08 bits per heavy atom. The van der Waals surface area contributed by atoms with Gasteiger partial charge in [-0.05, 0) is 68.7 Å². The summed E-state index contributed by atoms with van der Waals surface area (Å²) in [5.74, 6) is 7.36. The second-order valence-corrected chi connectivity index (χ2v) is 7.09. The maximum Gasteiger partial charge on any atom is 0.226 e. The molecule has 0 aliphatic heterocycles. The van der Waals surface area contributed by atoms with Crippen LogP contribution in [0.5, 0.6) is 5.75 Å². The van der Waals surface area contributed by atoms with Crippen LogP contribution in [0.3, 0.4) is 0 Å². The monoisotopic (exact) mass is 347 g/mol. The number of ether oxygens (including phenoxy) is 1. The Bertz CT molecular complexity index is 821. The summed E-state index contributed by atoms with van der Waals surface area (Å²) in [5.41, 5.74) is 2.86. The minimum Gasteiger partial charge on any atom is -0.494 e. The van der Waals surface area contributed by atoms with Gasteiger partial charge in [0.2, 0.25) is 5.91 Å². The predicted octanol–water partition coefficient (Wildman–Crippen LogP) is 4.46. The zero-order valence-corrected chi connectivity index (χ0v) is 15.6. The first-order valence-corrected chi connectivity index (χ1v) is 9.16. The van der Waals surface area contributed by atoms with Crippen LogP contribution in [0.2, 0.25) is 0 Å². The fourth-order valence-corrected chi connectivity index (χ4v) is 2.67. The largest absolute Gasteiger partial charge is 0.494 e. The minimum atomic E-state index is -0.141. The number of amides is 1. The molecule has 3 nitrogen and oxygen atoms in total. The van der Waals surface area contributed by atoms with Crippen molar-refractivity contribution in [2.45, 2.75) is 39.7 Å². The average Bonchev–Trinajstić information content (AvgIpc) is 3.41. The number of hydrogen-bond acceptors (Lipinski definition) is 2. The van der Waals surface area contributed by atoms with Gasteiger partial charge in [0.05, 0.1) is 12.6 Å². The van der Waals surface area contributed by atoms with E-state index < -0.39 is 0 Å². The molecule has 0 radical (unpaired) electrons. The molecule has 1 atom stereocenters. The van der Waals surface area contributed by atoms with E-state index in [1.807, 2.05) is 69.3 Å². The van der Waals surface area contributed by atoms with Crippen LogP contribution in [0.4, 0.5) is 0 Å². The molecule has 2 aromatic rings. The standard InChI is InChI=1S/C23H25NO2/c1-4-26-21-13-9-19(10-14-21)6-5-18-7-11-20(12-8-18)17(2)24-22(25)23(3)15-16-23/h7-14,17H,4,15-16H2,1-3H3,(H,24,25). The van der Waals surface area contributed by atoms with Gasteiger partial charge in [0.15, 0.2) is 0 Å². The second kappa shape index (κ2) is 7.66. The molecule has 1 saturated carbocycles. The van der Waals surface area contributed by atoms with E-state index in [0.717, 1.165) is 35.3 Å². The molecule has 0 saturated heterocycles. The Labute approximate surface area is 155 Å². The zero-order valence-electron chi connectivity index (χ0n) is 15.6. The van der Waals surface area contributed by atoms with E-state index >= 15 is 0 Å². The maximum absolute atomic E-state index is 12.2. The van der Waals surface area contributed by atoms with Crippen molar-refractivity contribution in [1.82, 2.24) is 5.32 Å². The van der Waals surface area contributed by atoms with E-state index in [2.05, 4.69) is 17.2 Å². The molecule has 3 heteroatoms. The third kappa shape index (κ3) is 4.46. The number of hydrogen-bond donors (Lipinski definition) is 1. The molecule has 1 fully saturated rings. The quantitative estimate of drug-likeness (QED) is 0.811. The highest BCUT2D eigenvalue weighted by molar-refractivity contribution is 5.85. The Morgan fingerprint density at radius 2 is 1.62 bits per heavy atom. The Hall–Kier alpha value is -2.73. The molecular formula is C23H25NO2. The highest BCUT2D eigenvalue weighted by Crippen LogP contribution is 2.45. The highest BCUT2D eigenvalue weighted by Gasteiger charge is 2.45. The van der Waals surface area contributed by atoms with E-state index in [1.165, 1.54) is 0 Å². The van der Waals surface area contributed by atoms with Crippen molar-refractivity contribution in [3.63, 3.8) is 0 Å². The van der Waals surface area contributed by atoms with Crippen LogP contribution < -0.4 is 10.1 Å². The van der Waals surface area contributed by atoms with E-state index in [-0.39, 0.29) is 17.4 Å². The molecule has 1 N–H and O–H groups in total. The lowest BCUT2D eigenvalue weighted by Crippen LogP contribution is -2.32. The van der Waals surface area contributed by atoms with Crippen molar-refractivity contribution in [3.05, 3.63) is 65.2 Å². The SMILES string of the molecule is CCOc1ccc(C#Cc2ccc(C(C)NC(=O)C3(C)CC3)cc2)cc1. The molecule has 0 heterocycles. The van der Waals surface area contributed by atoms with Crippen LogP contribution in [0, 0.1) is 17.3 Å². The lowest BCUT2D eigenvalue weighted by atomic mass is 10.0. The number of carbonyl (C=O) groups is 1. The summed E-state index contributed by atoms with van der Waals surface area (Å²) < 4.78 is 5.43. The smallest absolute Gasteiger partial charge is 0.226 e. The van der Waals surface area contributed by atoms with E-state index in [1.54, 1.807) is 0 Å². The number of rotatable bonds is 5. The number of benzene rings is 2. The summed E-state index contributed by atoms with van der Waals surface area (Å²) in [6.45, 7) is 6.67. The fraction of sp³-hybridized carbons (Fsp3) is 0.348. The summed E-state index contributed by atoms with van der Waals surface area (Å²) >= 11 is 0. The van der Waals surface area contributed by atoms with Gasteiger partial charge >= 0.3 is 0 Å². The molecular weight excluding hydrogens is 322 g/mol. The first-order chi connectivity index (χ1) is 12.5. The van der Waals surface area contributed by atoms with Crippen LogP contribution in [0.25, 0.3) is 0 Å². The van der Waals surface area contributed by atoms with Gasteiger partial charge in [-0.25, -0.2) is 0 Å². The van der Waals surface area contributed by atoms with Crippen LogP contribution in [0.15, 0.2) is 48.5 Å². The van der Waals surface area contributed by atoms with Gasteiger partial charge in [-0.2, -0.15) is 0 Å². The third-order valence-electron chi connectivity index (χ3n) is 4.82. The molecule has 2 aromatic carbocycles.